The summed E-state index contributed by atoms with van der Waals surface area (Å²) in [7, 11) is 0. The molecule has 0 saturated heterocycles. The molecule has 1 heterocycles. The Hall–Kier alpha value is -1.87. The molecule has 0 radical (unpaired) electrons. The van der Waals surface area contributed by atoms with Crippen molar-refractivity contribution in [3.8, 4) is 0 Å². The fourth-order valence-electron chi connectivity index (χ4n) is 3.89. The van der Waals surface area contributed by atoms with Gasteiger partial charge < -0.3 is 10.1 Å². The molecule has 1 fully saturated rings. The van der Waals surface area contributed by atoms with E-state index in [4.69, 9.17) is 9.73 Å². The molecule has 1 N–H and O–H groups in total. The maximum absolute atomic E-state index is 6.00. The van der Waals surface area contributed by atoms with E-state index >= 15 is 0 Å². The first-order chi connectivity index (χ1) is 11.8. The Bertz CT molecular complexity index is 660. The lowest BCUT2D eigenvalue weighted by Crippen LogP contribution is -2.40. The number of nitrogens with one attached hydrogen (secondary N) is 1. The molecule has 1 saturated carbocycles. The molecule has 0 bridgehead atoms. The minimum atomic E-state index is -0.180. The molecule has 3 heteroatoms. The average Bonchev–Trinajstić information content (AvgIpc) is 2.93. The molecule has 1 aromatic carbocycles. The number of ether oxygens (including phenoxy) is 1. The van der Waals surface area contributed by atoms with Crippen molar-refractivity contribution in [3.63, 3.8) is 0 Å². The lowest BCUT2D eigenvalue weighted by atomic mass is 9.75. The van der Waals surface area contributed by atoms with Crippen LogP contribution in [-0.2, 0) is 4.74 Å². The van der Waals surface area contributed by atoms with E-state index in [2.05, 4.69) is 66.9 Å². The Morgan fingerprint density at radius 3 is 2.71 bits per heavy atom. The van der Waals surface area contributed by atoms with E-state index in [0.717, 1.165) is 12.3 Å². The van der Waals surface area contributed by atoms with Gasteiger partial charge in [0.2, 0.25) is 0 Å². The third-order valence-corrected chi connectivity index (χ3v) is 5.64. The zero-order chi connectivity index (χ0) is 16.4. The second-order valence-corrected chi connectivity index (χ2v) is 7.29. The van der Waals surface area contributed by atoms with E-state index < -0.39 is 0 Å². The normalized spacial score (nSPS) is 32.3. The van der Waals surface area contributed by atoms with Crippen molar-refractivity contribution < 1.29 is 4.74 Å². The molecular formula is C21H26N2O. The summed E-state index contributed by atoms with van der Waals surface area (Å²) in [6, 6.07) is 10.9. The number of hydrogen-bond acceptors (Lipinski definition) is 3. The number of hydrogen-bond donors (Lipinski definition) is 1. The first-order valence-electron chi connectivity index (χ1n) is 9.11. The smallest absolute Gasteiger partial charge is 0.124 e. The molecule has 3 nitrogen and oxygen atoms in total. The van der Waals surface area contributed by atoms with Crippen LogP contribution in [0, 0.1) is 5.92 Å². The molecule has 0 aromatic heterocycles. The molecule has 4 rings (SSSR count). The predicted molar refractivity (Wildman–Crippen MR) is 98.1 cm³/mol. The Balaban J connectivity index is 1.58. The highest BCUT2D eigenvalue weighted by molar-refractivity contribution is 5.86. The fourth-order valence-corrected chi connectivity index (χ4v) is 3.89. The van der Waals surface area contributed by atoms with E-state index in [9.17, 15) is 0 Å². The Labute approximate surface area is 144 Å². The molecule has 0 spiro atoms. The summed E-state index contributed by atoms with van der Waals surface area (Å²) in [5, 5.41) is 3.67. The molecular weight excluding hydrogens is 296 g/mol. The molecule has 126 valence electrons. The van der Waals surface area contributed by atoms with Gasteiger partial charge in [0.05, 0.1) is 17.7 Å². The third-order valence-electron chi connectivity index (χ3n) is 5.64. The number of benzene rings is 1. The van der Waals surface area contributed by atoms with Gasteiger partial charge in [-0.15, -0.1) is 0 Å². The maximum Gasteiger partial charge on any atom is 0.124 e. The van der Waals surface area contributed by atoms with Crippen LogP contribution in [0.2, 0.25) is 0 Å². The minimum absolute atomic E-state index is 0.180. The molecule has 24 heavy (non-hydrogen) atoms. The second kappa shape index (κ2) is 6.56. The fraction of sp³-hybridized carbons (Fsp3) is 0.476. The van der Waals surface area contributed by atoms with Crippen LogP contribution < -0.4 is 5.32 Å². The van der Waals surface area contributed by atoms with E-state index in [1.807, 2.05) is 0 Å². The predicted octanol–water partition coefficient (Wildman–Crippen LogP) is 4.19. The second-order valence-electron chi connectivity index (χ2n) is 7.29. The number of amidine groups is 1. The number of nitrogens with zero attached hydrogens (tertiary/aromatic N) is 1. The quantitative estimate of drug-likeness (QED) is 0.882. The molecule has 1 aliphatic heterocycles. The van der Waals surface area contributed by atoms with Crippen LogP contribution in [0.4, 0.5) is 0 Å². The third kappa shape index (κ3) is 2.93. The number of allylic oxidation sites excluding steroid dienone is 3. The monoisotopic (exact) mass is 322 g/mol. The van der Waals surface area contributed by atoms with Crippen molar-refractivity contribution in [3.05, 3.63) is 60.2 Å². The van der Waals surface area contributed by atoms with Gasteiger partial charge >= 0.3 is 0 Å². The van der Waals surface area contributed by atoms with Gasteiger partial charge in [0.15, 0.2) is 0 Å². The van der Waals surface area contributed by atoms with Gasteiger partial charge in [0, 0.05) is 5.92 Å². The molecule has 2 aliphatic carbocycles. The Morgan fingerprint density at radius 2 is 2.04 bits per heavy atom. The van der Waals surface area contributed by atoms with E-state index in [0.29, 0.717) is 18.6 Å². The summed E-state index contributed by atoms with van der Waals surface area (Å²) in [4.78, 5) is 5.13. The Morgan fingerprint density at radius 1 is 1.21 bits per heavy atom. The van der Waals surface area contributed by atoms with Crippen LogP contribution in [0.1, 0.15) is 44.2 Å². The van der Waals surface area contributed by atoms with Gasteiger partial charge in [-0.2, -0.15) is 0 Å². The highest BCUT2D eigenvalue weighted by Gasteiger charge is 2.45. The maximum atomic E-state index is 6.00. The van der Waals surface area contributed by atoms with Gasteiger partial charge in [0.1, 0.15) is 12.4 Å². The van der Waals surface area contributed by atoms with E-state index in [-0.39, 0.29) is 11.6 Å². The van der Waals surface area contributed by atoms with Crippen LogP contribution in [0.3, 0.4) is 0 Å². The molecule has 3 atom stereocenters. The van der Waals surface area contributed by atoms with Crippen molar-refractivity contribution in [1.82, 2.24) is 5.32 Å². The van der Waals surface area contributed by atoms with Gasteiger partial charge in [-0.1, -0.05) is 54.6 Å². The van der Waals surface area contributed by atoms with Crippen molar-refractivity contribution in [1.29, 1.82) is 0 Å². The lowest BCUT2D eigenvalue weighted by molar-refractivity contribution is 0.0238. The molecule has 0 amide bonds. The first-order valence-corrected chi connectivity index (χ1v) is 9.11. The van der Waals surface area contributed by atoms with Gasteiger partial charge in [-0.3, -0.25) is 4.99 Å². The van der Waals surface area contributed by atoms with Crippen molar-refractivity contribution in [2.24, 2.45) is 10.9 Å². The molecule has 1 aromatic rings. The molecule has 3 aliphatic rings. The van der Waals surface area contributed by atoms with Gasteiger partial charge in [0.25, 0.3) is 0 Å². The summed E-state index contributed by atoms with van der Waals surface area (Å²) in [6.45, 7) is 2.89. The van der Waals surface area contributed by atoms with Crippen LogP contribution in [0.5, 0.6) is 0 Å². The van der Waals surface area contributed by atoms with E-state index in [1.54, 1.807) is 0 Å². The number of rotatable bonds is 5. The summed E-state index contributed by atoms with van der Waals surface area (Å²) in [5.41, 5.74) is 1.12. The Kier molecular flexibility index (Phi) is 4.28. The SMILES string of the molecule is C[C@@]1(C2C=CC=CC2)N=C(COC2CCC2)N[C@@H]1c1ccccc1. The number of aliphatic imine (C=N–C) groups is 1. The highest BCUT2D eigenvalue weighted by atomic mass is 16.5. The van der Waals surface area contributed by atoms with Crippen LogP contribution in [0.15, 0.2) is 59.6 Å². The van der Waals surface area contributed by atoms with Crippen LogP contribution in [0.25, 0.3) is 0 Å². The largest absolute Gasteiger partial charge is 0.370 e. The van der Waals surface area contributed by atoms with Crippen molar-refractivity contribution in [2.75, 3.05) is 6.61 Å². The van der Waals surface area contributed by atoms with Crippen LogP contribution >= 0.6 is 0 Å². The van der Waals surface area contributed by atoms with Crippen LogP contribution in [-0.4, -0.2) is 24.1 Å². The van der Waals surface area contributed by atoms with E-state index in [1.165, 1.54) is 24.8 Å². The first kappa shape index (κ1) is 15.6. The van der Waals surface area contributed by atoms with Gasteiger partial charge in [-0.25, -0.2) is 0 Å². The zero-order valence-electron chi connectivity index (χ0n) is 14.3. The van der Waals surface area contributed by atoms with Crippen molar-refractivity contribution >= 4 is 5.84 Å². The summed E-state index contributed by atoms with van der Waals surface area (Å²) in [6.07, 6.45) is 14.0. The summed E-state index contributed by atoms with van der Waals surface area (Å²) < 4.78 is 6.00. The topological polar surface area (TPSA) is 33.6 Å². The summed E-state index contributed by atoms with van der Waals surface area (Å²) >= 11 is 0. The van der Waals surface area contributed by atoms with Crippen molar-refractivity contribution in [2.45, 2.75) is 50.3 Å². The minimum Gasteiger partial charge on any atom is -0.370 e. The van der Waals surface area contributed by atoms with Gasteiger partial charge in [-0.05, 0) is 38.2 Å². The average molecular weight is 322 g/mol. The standard InChI is InChI=1S/C21H26N2O/c1-21(17-11-6-3-7-12-17)20(16-9-4-2-5-10-16)22-19(23-21)15-24-18-13-8-14-18/h2-7,9-11,17-18,20H,8,12-15H2,1H3,(H,22,23)/t17?,20-,21+/m1/s1. The lowest BCUT2D eigenvalue weighted by Gasteiger charge is -2.35. The zero-order valence-corrected chi connectivity index (χ0v) is 14.3. The highest BCUT2D eigenvalue weighted by Crippen LogP contribution is 2.42. The summed E-state index contributed by atoms with van der Waals surface area (Å²) in [5.74, 6) is 1.41. The molecule has 1 unspecified atom stereocenters.